The maximum Gasteiger partial charge on any atom is 0.132 e. The molecule has 17 heavy (non-hydrogen) atoms. The number of hydrogen-bond donors (Lipinski definition) is 1. The number of aliphatic hydroxyl groups excluding tert-OH is 1. The lowest BCUT2D eigenvalue weighted by Crippen LogP contribution is -2.38. The molecular formula is C13H21N3O. The number of piperidine rings is 1. The van der Waals surface area contributed by atoms with Gasteiger partial charge in [0.2, 0.25) is 0 Å². The number of nitrogens with zero attached hydrogens (tertiary/aromatic N) is 3. The Labute approximate surface area is 103 Å². The zero-order valence-electron chi connectivity index (χ0n) is 10.6. The van der Waals surface area contributed by atoms with Crippen LogP contribution in [0.5, 0.6) is 0 Å². The van der Waals surface area contributed by atoms with Gasteiger partial charge >= 0.3 is 0 Å². The quantitative estimate of drug-likeness (QED) is 0.865. The molecule has 1 aliphatic rings. The van der Waals surface area contributed by atoms with E-state index in [1.807, 2.05) is 0 Å². The molecule has 0 bridgehead atoms. The first kappa shape index (κ1) is 12.3. The molecule has 0 aromatic carbocycles. The predicted molar refractivity (Wildman–Crippen MR) is 68.0 cm³/mol. The normalized spacial score (nSPS) is 20.9. The number of hydrogen-bond acceptors (Lipinski definition) is 4. The predicted octanol–water partition coefficient (Wildman–Crippen LogP) is 1.64. The summed E-state index contributed by atoms with van der Waals surface area (Å²) in [5.74, 6) is 1.55. The molecule has 1 unspecified atom stereocenters. The van der Waals surface area contributed by atoms with Gasteiger partial charge in [0.15, 0.2) is 0 Å². The molecular weight excluding hydrogens is 214 g/mol. The fraction of sp³-hybridized carbons (Fsp3) is 0.692. The lowest BCUT2D eigenvalue weighted by atomic mass is 10.1. The highest BCUT2D eigenvalue weighted by atomic mass is 16.3. The molecule has 1 aliphatic heterocycles. The van der Waals surface area contributed by atoms with E-state index in [9.17, 15) is 5.11 Å². The van der Waals surface area contributed by atoms with Gasteiger partial charge in [-0.05, 0) is 25.2 Å². The van der Waals surface area contributed by atoms with Gasteiger partial charge in [-0.3, -0.25) is 0 Å². The molecule has 1 N–H and O–H groups in total. The van der Waals surface area contributed by atoms with Crippen LogP contribution in [0, 0.1) is 5.92 Å². The molecule has 1 saturated heterocycles. The van der Waals surface area contributed by atoms with E-state index in [4.69, 9.17) is 0 Å². The van der Waals surface area contributed by atoms with Gasteiger partial charge in [0.05, 0.1) is 6.10 Å². The van der Waals surface area contributed by atoms with Crippen LogP contribution in [0.2, 0.25) is 0 Å². The van der Waals surface area contributed by atoms with Gasteiger partial charge in [-0.2, -0.15) is 0 Å². The van der Waals surface area contributed by atoms with Crippen molar-refractivity contribution < 1.29 is 5.11 Å². The topological polar surface area (TPSA) is 49.2 Å². The number of anilines is 1. The smallest absolute Gasteiger partial charge is 0.132 e. The summed E-state index contributed by atoms with van der Waals surface area (Å²) in [4.78, 5) is 10.8. The minimum atomic E-state index is -0.215. The average molecular weight is 235 g/mol. The second kappa shape index (κ2) is 5.45. The lowest BCUT2D eigenvalue weighted by molar-refractivity contribution is 0.154. The van der Waals surface area contributed by atoms with E-state index in [1.54, 1.807) is 6.33 Å². The minimum Gasteiger partial charge on any atom is -0.391 e. The monoisotopic (exact) mass is 235 g/mol. The van der Waals surface area contributed by atoms with Crippen LogP contribution >= 0.6 is 0 Å². The van der Waals surface area contributed by atoms with E-state index in [1.165, 1.54) is 0 Å². The van der Waals surface area contributed by atoms with Crippen molar-refractivity contribution in [1.29, 1.82) is 0 Å². The molecule has 2 heterocycles. The van der Waals surface area contributed by atoms with E-state index < -0.39 is 0 Å². The summed E-state index contributed by atoms with van der Waals surface area (Å²) in [5.41, 5.74) is 1.09. The van der Waals surface area contributed by atoms with Crippen LogP contribution < -0.4 is 4.90 Å². The summed E-state index contributed by atoms with van der Waals surface area (Å²) < 4.78 is 0. The Balaban J connectivity index is 2.09. The Bertz CT molecular complexity index is 367. The molecule has 4 heteroatoms. The molecule has 0 amide bonds. The van der Waals surface area contributed by atoms with Crippen LogP contribution in [-0.2, 0) is 6.42 Å². The van der Waals surface area contributed by atoms with Crippen molar-refractivity contribution in [2.24, 2.45) is 5.92 Å². The van der Waals surface area contributed by atoms with Crippen molar-refractivity contribution in [1.82, 2.24) is 9.97 Å². The number of aliphatic hydroxyl groups is 1. The van der Waals surface area contributed by atoms with Crippen molar-refractivity contribution in [3.05, 3.63) is 18.1 Å². The van der Waals surface area contributed by atoms with Crippen molar-refractivity contribution >= 4 is 5.82 Å². The number of rotatable bonds is 3. The van der Waals surface area contributed by atoms with E-state index in [-0.39, 0.29) is 6.10 Å². The molecule has 1 atom stereocenters. The third kappa shape index (κ3) is 3.40. The highest BCUT2D eigenvalue weighted by Crippen LogP contribution is 2.18. The van der Waals surface area contributed by atoms with Gasteiger partial charge in [0, 0.05) is 24.8 Å². The van der Waals surface area contributed by atoms with Gasteiger partial charge in [0.1, 0.15) is 12.1 Å². The average Bonchev–Trinajstić information content (AvgIpc) is 2.28. The molecule has 94 valence electrons. The SMILES string of the molecule is CC(C)Cc1cc(N2CCCC(O)C2)ncn1. The fourth-order valence-corrected chi connectivity index (χ4v) is 2.25. The molecule has 2 rings (SSSR count). The van der Waals surface area contributed by atoms with Crippen molar-refractivity contribution in [2.45, 2.75) is 39.2 Å². The van der Waals surface area contributed by atoms with Crippen LogP contribution in [0.3, 0.4) is 0 Å². The molecule has 0 spiro atoms. The highest BCUT2D eigenvalue weighted by Gasteiger charge is 2.19. The standard InChI is InChI=1S/C13H21N3O/c1-10(2)6-11-7-13(15-9-14-11)16-5-3-4-12(17)8-16/h7,9-10,12,17H,3-6,8H2,1-2H3. The van der Waals surface area contributed by atoms with Crippen LogP contribution in [0.15, 0.2) is 12.4 Å². The highest BCUT2D eigenvalue weighted by molar-refractivity contribution is 5.39. The van der Waals surface area contributed by atoms with Gasteiger partial charge in [0.25, 0.3) is 0 Å². The summed E-state index contributed by atoms with van der Waals surface area (Å²) in [6, 6.07) is 2.05. The largest absolute Gasteiger partial charge is 0.391 e. The molecule has 4 nitrogen and oxygen atoms in total. The first-order valence-electron chi connectivity index (χ1n) is 6.39. The molecule has 1 aromatic heterocycles. The van der Waals surface area contributed by atoms with E-state index in [0.717, 1.165) is 37.3 Å². The first-order valence-corrected chi connectivity index (χ1v) is 6.39. The Morgan fingerprint density at radius 1 is 1.47 bits per heavy atom. The second-order valence-corrected chi connectivity index (χ2v) is 5.21. The minimum absolute atomic E-state index is 0.215. The third-order valence-electron chi connectivity index (χ3n) is 3.05. The van der Waals surface area contributed by atoms with Crippen molar-refractivity contribution in [2.75, 3.05) is 18.0 Å². The van der Waals surface area contributed by atoms with Crippen molar-refractivity contribution in [3.8, 4) is 0 Å². The van der Waals surface area contributed by atoms with Crippen LogP contribution in [0.25, 0.3) is 0 Å². The molecule has 0 radical (unpaired) electrons. The molecule has 1 fully saturated rings. The maximum atomic E-state index is 9.67. The van der Waals surface area contributed by atoms with E-state index >= 15 is 0 Å². The summed E-state index contributed by atoms with van der Waals surface area (Å²) in [6.07, 6.45) is 4.33. The van der Waals surface area contributed by atoms with Crippen LogP contribution in [0.4, 0.5) is 5.82 Å². The lowest BCUT2D eigenvalue weighted by Gasteiger charge is -2.31. The zero-order chi connectivity index (χ0) is 12.3. The first-order chi connectivity index (χ1) is 8.15. The molecule has 0 aliphatic carbocycles. The number of aromatic nitrogens is 2. The zero-order valence-corrected chi connectivity index (χ0v) is 10.6. The summed E-state index contributed by atoms with van der Waals surface area (Å²) in [6.45, 7) is 6.05. The van der Waals surface area contributed by atoms with Crippen LogP contribution in [-0.4, -0.2) is 34.3 Å². The Morgan fingerprint density at radius 2 is 2.29 bits per heavy atom. The van der Waals surface area contributed by atoms with E-state index in [0.29, 0.717) is 12.5 Å². The molecule has 0 saturated carbocycles. The van der Waals surface area contributed by atoms with Crippen LogP contribution in [0.1, 0.15) is 32.4 Å². The summed E-state index contributed by atoms with van der Waals surface area (Å²) >= 11 is 0. The third-order valence-corrected chi connectivity index (χ3v) is 3.05. The van der Waals surface area contributed by atoms with Gasteiger partial charge in [-0.25, -0.2) is 9.97 Å². The summed E-state index contributed by atoms with van der Waals surface area (Å²) in [7, 11) is 0. The van der Waals surface area contributed by atoms with Gasteiger partial charge in [-0.15, -0.1) is 0 Å². The molecule has 1 aromatic rings. The van der Waals surface area contributed by atoms with Gasteiger partial charge in [-0.1, -0.05) is 13.8 Å². The van der Waals surface area contributed by atoms with Gasteiger partial charge < -0.3 is 10.0 Å². The fourth-order valence-electron chi connectivity index (χ4n) is 2.25. The second-order valence-electron chi connectivity index (χ2n) is 5.21. The van der Waals surface area contributed by atoms with E-state index in [2.05, 4.69) is 34.8 Å². The van der Waals surface area contributed by atoms with Crippen molar-refractivity contribution in [3.63, 3.8) is 0 Å². The Kier molecular flexibility index (Phi) is 3.94. The Morgan fingerprint density at radius 3 is 3.00 bits per heavy atom. The number of β-amino-alcohol motifs (C(OH)–C–C–N with tert-alkyl or cyclic N) is 1. The Hall–Kier alpha value is -1.16. The summed E-state index contributed by atoms with van der Waals surface area (Å²) in [5, 5.41) is 9.67. The maximum absolute atomic E-state index is 9.67.